The number of carbonyl (C=O) groups is 2. The van der Waals surface area contributed by atoms with Crippen LogP contribution in [0.25, 0.3) is 0 Å². The van der Waals surface area contributed by atoms with Crippen molar-refractivity contribution < 1.29 is 18.9 Å². The molecular weight excluding hydrogens is 257 g/mol. The van der Waals surface area contributed by atoms with Crippen molar-refractivity contribution >= 4 is 23.2 Å². The summed E-state index contributed by atoms with van der Waals surface area (Å²) in [4.78, 5) is 32.4. The van der Waals surface area contributed by atoms with E-state index in [0.29, 0.717) is 0 Å². The predicted molar refractivity (Wildman–Crippen MR) is 62.8 cm³/mol. The summed E-state index contributed by atoms with van der Waals surface area (Å²) in [5, 5.41) is 15.5. The Morgan fingerprint density at radius 1 is 1.42 bits per heavy atom. The summed E-state index contributed by atoms with van der Waals surface area (Å²) in [6.07, 6.45) is 0.338. The number of hydrogen-bond acceptors (Lipinski definition) is 5. The number of nitrogens with zero attached hydrogens (tertiary/aromatic N) is 1. The van der Waals surface area contributed by atoms with E-state index in [1.165, 1.54) is 12.1 Å². The highest BCUT2D eigenvalue weighted by Gasteiger charge is 2.29. The summed E-state index contributed by atoms with van der Waals surface area (Å²) in [5.41, 5.74) is -0.799. The van der Waals surface area contributed by atoms with Crippen LogP contribution in [0.5, 0.6) is 0 Å². The highest BCUT2D eigenvalue weighted by atomic mass is 19.1. The van der Waals surface area contributed by atoms with E-state index in [2.05, 4.69) is 10.6 Å². The van der Waals surface area contributed by atoms with E-state index in [-0.39, 0.29) is 18.5 Å². The molecule has 2 amide bonds. The third kappa shape index (κ3) is 2.67. The maximum atomic E-state index is 13.4. The maximum absolute atomic E-state index is 13.4. The zero-order chi connectivity index (χ0) is 14.0. The first-order valence-electron chi connectivity index (χ1n) is 5.52. The van der Waals surface area contributed by atoms with Crippen molar-refractivity contribution in [2.24, 2.45) is 0 Å². The Morgan fingerprint density at radius 3 is 2.79 bits per heavy atom. The number of amides is 2. The van der Waals surface area contributed by atoms with Gasteiger partial charge in [-0.25, -0.2) is 0 Å². The van der Waals surface area contributed by atoms with Gasteiger partial charge in [0.1, 0.15) is 11.7 Å². The first-order chi connectivity index (χ1) is 8.99. The largest absolute Gasteiger partial charge is 0.368 e. The SMILES string of the molecule is O=C1CCC(Nc2cccc(F)c2[N+](=O)[O-])C(=O)N1. The molecule has 0 radical (unpaired) electrons. The van der Waals surface area contributed by atoms with E-state index >= 15 is 0 Å². The number of hydrogen-bond donors (Lipinski definition) is 2. The van der Waals surface area contributed by atoms with Crippen LogP contribution in [0.4, 0.5) is 15.8 Å². The van der Waals surface area contributed by atoms with Crippen molar-refractivity contribution in [3.05, 3.63) is 34.1 Å². The van der Waals surface area contributed by atoms with Gasteiger partial charge in [0.2, 0.25) is 17.6 Å². The predicted octanol–water partition coefficient (Wildman–Crippen LogP) is 0.951. The monoisotopic (exact) mass is 267 g/mol. The molecule has 1 unspecified atom stereocenters. The molecule has 1 fully saturated rings. The minimum Gasteiger partial charge on any atom is -0.368 e. The Hall–Kier alpha value is -2.51. The molecule has 1 aliphatic rings. The van der Waals surface area contributed by atoms with Gasteiger partial charge in [-0.15, -0.1) is 0 Å². The molecule has 1 atom stereocenters. The molecule has 2 rings (SSSR count). The van der Waals surface area contributed by atoms with Gasteiger partial charge in [0.15, 0.2) is 0 Å². The smallest absolute Gasteiger partial charge is 0.327 e. The van der Waals surface area contributed by atoms with Crippen molar-refractivity contribution in [3.63, 3.8) is 0 Å². The van der Waals surface area contributed by atoms with Gasteiger partial charge >= 0.3 is 5.69 Å². The fourth-order valence-corrected chi connectivity index (χ4v) is 1.84. The molecule has 1 aromatic carbocycles. The second-order valence-corrected chi connectivity index (χ2v) is 4.04. The molecule has 1 aromatic rings. The Labute approximate surface area is 106 Å². The average molecular weight is 267 g/mol. The lowest BCUT2D eigenvalue weighted by Gasteiger charge is -2.22. The minimum absolute atomic E-state index is 0.0838. The van der Waals surface area contributed by atoms with Gasteiger partial charge in [0.05, 0.1) is 4.92 Å². The number of nitro benzene ring substituents is 1. The molecule has 1 saturated heterocycles. The molecule has 0 spiro atoms. The number of carbonyl (C=O) groups excluding carboxylic acids is 2. The number of nitrogens with one attached hydrogen (secondary N) is 2. The van der Waals surface area contributed by atoms with Crippen molar-refractivity contribution in [1.82, 2.24) is 5.32 Å². The molecule has 0 aliphatic carbocycles. The molecule has 0 aromatic heterocycles. The zero-order valence-electron chi connectivity index (χ0n) is 9.68. The summed E-state index contributed by atoms with van der Waals surface area (Å²) in [6, 6.07) is 2.79. The van der Waals surface area contributed by atoms with Gasteiger partial charge < -0.3 is 5.32 Å². The molecule has 1 aliphatic heterocycles. The van der Waals surface area contributed by atoms with E-state index in [0.717, 1.165) is 6.07 Å². The molecule has 19 heavy (non-hydrogen) atoms. The Kier molecular flexibility index (Phi) is 3.41. The second kappa shape index (κ2) is 5.01. The molecular formula is C11H10FN3O4. The molecule has 0 bridgehead atoms. The van der Waals surface area contributed by atoms with Crippen molar-refractivity contribution in [2.45, 2.75) is 18.9 Å². The van der Waals surface area contributed by atoms with Crippen LogP contribution in [-0.4, -0.2) is 22.8 Å². The first kappa shape index (κ1) is 12.9. The first-order valence-corrected chi connectivity index (χ1v) is 5.52. The molecule has 100 valence electrons. The van der Waals surface area contributed by atoms with Gasteiger partial charge in [-0.3, -0.25) is 25.0 Å². The van der Waals surface area contributed by atoms with Crippen LogP contribution in [0.2, 0.25) is 0 Å². The van der Waals surface area contributed by atoms with Gasteiger partial charge in [-0.05, 0) is 18.6 Å². The summed E-state index contributed by atoms with van der Waals surface area (Å²) in [6.45, 7) is 0. The number of anilines is 1. The molecule has 8 heteroatoms. The van der Waals surface area contributed by atoms with Gasteiger partial charge in [-0.1, -0.05) is 6.07 Å². The fraction of sp³-hybridized carbons (Fsp3) is 0.273. The van der Waals surface area contributed by atoms with E-state index in [4.69, 9.17) is 0 Å². The van der Waals surface area contributed by atoms with Crippen LogP contribution in [0, 0.1) is 15.9 Å². The standard InChI is InChI=1S/C11H10FN3O4/c12-6-2-1-3-7(10(6)15(18)19)13-8-4-5-9(16)14-11(8)17/h1-3,8,13H,4-5H2,(H,14,16,17). The lowest BCUT2D eigenvalue weighted by atomic mass is 10.1. The van der Waals surface area contributed by atoms with Gasteiger partial charge in [-0.2, -0.15) is 4.39 Å². The fourth-order valence-electron chi connectivity index (χ4n) is 1.84. The van der Waals surface area contributed by atoms with Crippen molar-refractivity contribution in [2.75, 3.05) is 5.32 Å². The van der Waals surface area contributed by atoms with E-state index in [1.54, 1.807) is 0 Å². The average Bonchev–Trinajstić information content (AvgIpc) is 2.32. The summed E-state index contributed by atoms with van der Waals surface area (Å²) < 4.78 is 13.4. The number of nitro groups is 1. The van der Waals surface area contributed by atoms with Crippen LogP contribution < -0.4 is 10.6 Å². The Bertz CT molecular complexity index is 561. The second-order valence-electron chi connectivity index (χ2n) is 4.04. The molecule has 7 nitrogen and oxygen atoms in total. The van der Waals surface area contributed by atoms with Crippen LogP contribution in [0.15, 0.2) is 18.2 Å². The Balaban J connectivity index is 2.24. The molecule has 0 saturated carbocycles. The van der Waals surface area contributed by atoms with Crippen LogP contribution in [-0.2, 0) is 9.59 Å². The van der Waals surface area contributed by atoms with E-state index in [9.17, 15) is 24.1 Å². The number of rotatable bonds is 3. The number of benzene rings is 1. The third-order valence-electron chi connectivity index (χ3n) is 2.74. The highest BCUT2D eigenvalue weighted by molar-refractivity contribution is 6.01. The number of para-hydroxylation sites is 1. The van der Waals surface area contributed by atoms with Crippen LogP contribution >= 0.6 is 0 Å². The van der Waals surface area contributed by atoms with E-state index in [1.807, 2.05) is 0 Å². The topological polar surface area (TPSA) is 101 Å². The summed E-state index contributed by atoms with van der Waals surface area (Å²) in [7, 11) is 0. The molecule has 2 N–H and O–H groups in total. The quantitative estimate of drug-likeness (QED) is 0.482. The van der Waals surface area contributed by atoms with E-state index < -0.39 is 34.3 Å². The third-order valence-corrected chi connectivity index (χ3v) is 2.74. The number of imide groups is 1. The van der Waals surface area contributed by atoms with Crippen molar-refractivity contribution in [1.29, 1.82) is 0 Å². The van der Waals surface area contributed by atoms with Gasteiger partial charge in [0.25, 0.3) is 0 Å². The Morgan fingerprint density at radius 2 is 2.16 bits per heavy atom. The lowest BCUT2D eigenvalue weighted by Crippen LogP contribution is -2.47. The minimum atomic E-state index is -0.984. The highest BCUT2D eigenvalue weighted by Crippen LogP contribution is 2.28. The summed E-state index contributed by atoms with van der Waals surface area (Å²) >= 11 is 0. The summed E-state index contributed by atoms with van der Waals surface area (Å²) in [5.74, 6) is -1.95. The van der Waals surface area contributed by atoms with Crippen molar-refractivity contribution in [3.8, 4) is 0 Å². The number of piperidine rings is 1. The van der Waals surface area contributed by atoms with Gasteiger partial charge in [0, 0.05) is 6.42 Å². The van der Waals surface area contributed by atoms with Crippen LogP contribution in [0.1, 0.15) is 12.8 Å². The zero-order valence-corrected chi connectivity index (χ0v) is 9.68. The van der Waals surface area contributed by atoms with Crippen LogP contribution in [0.3, 0.4) is 0 Å². The lowest BCUT2D eigenvalue weighted by molar-refractivity contribution is -0.386. The normalized spacial score (nSPS) is 18.9. The molecule has 1 heterocycles. The number of halogens is 1. The maximum Gasteiger partial charge on any atom is 0.327 e.